The van der Waals surface area contributed by atoms with Gasteiger partial charge in [0.15, 0.2) is 36.7 Å². The zero-order valence-corrected chi connectivity index (χ0v) is 77.2. The molecular weight excluding hydrogens is 1740 g/mol. The first-order valence-electron chi connectivity index (χ1n) is 42.9. The molecule has 1 atom stereocenters. The monoisotopic (exact) mass is 1840 g/mol. The number of carboxylic acid groups (broad SMARTS) is 1. The van der Waals surface area contributed by atoms with E-state index in [2.05, 4.69) is 155 Å². The summed E-state index contributed by atoms with van der Waals surface area (Å²) >= 11 is 7.45. The first-order chi connectivity index (χ1) is 62.7. The number of anilines is 5. The number of aryl methyl sites for hydroxylation is 2. The molecule has 0 radical (unpaired) electrons. The Balaban J connectivity index is 0.000000118. The molecule has 660 valence electrons. The highest BCUT2D eigenvalue weighted by Gasteiger charge is 2.32. The van der Waals surface area contributed by atoms with Gasteiger partial charge in [-0.3, -0.25) is 4.79 Å². The first-order valence-corrected chi connectivity index (χ1v) is 48.8. The number of carbonyl (C=O) groups excluding carboxylic acids is 1. The van der Waals surface area contributed by atoms with Gasteiger partial charge in [0, 0.05) is 112 Å². The number of halogens is 1. The Morgan fingerprint density at radius 1 is 0.457 bits per heavy atom. The molecule has 0 spiro atoms. The Labute approximate surface area is 769 Å². The van der Waals surface area contributed by atoms with Crippen LogP contribution in [0.25, 0.3) is 68.5 Å². The van der Waals surface area contributed by atoms with Crippen LogP contribution in [-0.2, 0) is 59.2 Å². The normalized spacial score (nSPS) is 15.0. The predicted molar refractivity (Wildman–Crippen MR) is 521 cm³/mol. The number of ether oxygens (including phenoxy) is 5. The Bertz CT molecular complexity index is 6830. The zero-order chi connectivity index (χ0) is 89.7. The summed E-state index contributed by atoms with van der Waals surface area (Å²) in [6.45, 7) is 45.4. The molecule has 6 aromatic heterocycles. The Kier molecular flexibility index (Phi) is 29.3. The fourth-order valence-electron chi connectivity index (χ4n) is 16.4. The molecule has 0 aliphatic carbocycles. The molecule has 5 aliphatic heterocycles. The zero-order valence-electron chi connectivity index (χ0n) is 72.3. The van der Waals surface area contributed by atoms with E-state index in [1.54, 1.807) is 35.7 Å². The van der Waals surface area contributed by atoms with Crippen LogP contribution >= 0.6 is 56.7 Å². The number of hydrogen-bond donors (Lipinski definition) is 2. The van der Waals surface area contributed by atoms with Gasteiger partial charge in [0.25, 0.3) is 0 Å². The molecule has 5 fully saturated rings. The highest BCUT2D eigenvalue weighted by Crippen LogP contribution is 2.49. The number of carboxylic acids is 1. The van der Waals surface area contributed by atoms with Crippen molar-refractivity contribution in [3.05, 3.63) is 304 Å². The highest BCUT2D eigenvalue weighted by molar-refractivity contribution is 7.92. The third kappa shape index (κ3) is 21.9. The number of hydrogen-bond acceptors (Lipinski definition) is 22. The van der Waals surface area contributed by atoms with Crippen LogP contribution in [0, 0.1) is 39.4 Å². The number of aromatic amines is 1. The summed E-state index contributed by atoms with van der Waals surface area (Å²) in [6, 6.07) is 60.2. The molecule has 20 rings (SSSR count). The number of thiophene rings is 2. The van der Waals surface area contributed by atoms with Crippen molar-refractivity contribution < 1.29 is 51.2 Å². The van der Waals surface area contributed by atoms with Gasteiger partial charge < -0.3 is 58.3 Å². The van der Waals surface area contributed by atoms with E-state index in [0.717, 1.165) is 173 Å². The quantitative estimate of drug-likeness (QED) is 0.0603. The van der Waals surface area contributed by atoms with Gasteiger partial charge in [0.1, 0.15) is 14.9 Å². The van der Waals surface area contributed by atoms with Gasteiger partial charge in [-0.15, -0.1) is 45.3 Å². The largest absolute Gasteiger partial charge is 0.477 e. The Hall–Kier alpha value is -11.9. The average molecular weight is 1840 g/mol. The molecule has 9 aromatic carbocycles. The number of benzene rings is 9. The number of ketones is 1. The molecule has 5 saturated heterocycles. The summed E-state index contributed by atoms with van der Waals surface area (Å²) in [5.41, 5.74) is 12.9. The summed E-state index contributed by atoms with van der Waals surface area (Å²) in [4.78, 5) is 67.6. The van der Waals surface area contributed by atoms with Crippen molar-refractivity contribution in [3.63, 3.8) is 0 Å². The number of H-pyrrole nitrogens is 1. The molecule has 129 heavy (non-hydrogen) atoms. The minimum Gasteiger partial charge on any atom is -0.477 e. The number of thiazole rings is 3. The number of morpholine rings is 5. The highest BCUT2D eigenvalue weighted by atomic mass is 32.2. The van der Waals surface area contributed by atoms with E-state index in [-0.39, 0.29) is 22.4 Å². The number of rotatable bonds is 18. The topological polar surface area (TPSA) is 218 Å². The minimum atomic E-state index is -3.32. The molecule has 29 heteroatoms. The van der Waals surface area contributed by atoms with Crippen molar-refractivity contribution in [2.24, 2.45) is 0 Å². The van der Waals surface area contributed by atoms with E-state index < -0.39 is 15.8 Å². The van der Waals surface area contributed by atoms with Crippen LogP contribution in [0.5, 0.6) is 0 Å². The van der Waals surface area contributed by atoms with Gasteiger partial charge in [0.2, 0.25) is 11.4 Å². The molecular formula is C100H97FN12O10S6. The maximum Gasteiger partial charge on any atom is 0.344 e. The van der Waals surface area contributed by atoms with Crippen molar-refractivity contribution >= 4 is 175 Å². The van der Waals surface area contributed by atoms with Crippen LogP contribution in [0.3, 0.4) is 0 Å². The van der Waals surface area contributed by atoms with Crippen molar-refractivity contribution in [2.45, 2.75) is 63.5 Å². The molecule has 5 aliphatic rings. The lowest BCUT2D eigenvalue weighted by atomic mass is 9.90. The fourth-order valence-corrected chi connectivity index (χ4v) is 23.1. The van der Waals surface area contributed by atoms with Gasteiger partial charge in [0.05, 0.1) is 118 Å². The van der Waals surface area contributed by atoms with Gasteiger partial charge >= 0.3 is 5.97 Å². The van der Waals surface area contributed by atoms with E-state index in [4.69, 9.17) is 53.4 Å². The van der Waals surface area contributed by atoms with Gasteiger partial charge in [-0.1, -0.05) is 170 Å². The second-order valence-electron chi connectivity index (χ2n) is 32.1. The molecule has 0 bridgehead atoms. The summed E-state index contributed by atoms with van der Waals surface area (Å²) < 4.78 is 65.4. The van der Waals surface area contributed by atoms with E-state index in [9.17, 15) is 27.5 Å². The second-order valence-corrected chi connectivity index (χ2v) is 39.6. The number of sulfone groups is 1. The van der Waals surface area contributed by atoms with Gasteiger partial charge in [-0.2, -0.15) is 0 Å². The van der Waals surface area contributed by atoms with E-state index in [1.807, 2.05) is 84.8 Å². The smallest absolute Gasteiger partial charge is 0.344 e. The number of nitrogens with zero attached hydrogens (tertiary/aromatic N) is 11. The fraction of sp³-hybridized carbons (Fsp3) is 0.300. The van der Waals surface area contributed by atoms with Crippen LogP contribution < -0.4 is 24.5 Å². The van der Waals surface area contributed by atoms with E-state index in [0.29, 0.717) is 108 Å². The lowest BCUT2D eigenvalue weighted by Gasteiger charge is -2.28. The van der Waals surface area contributed by atoms with Crippen LogP contribution in [0.15, 0.2) is 192 Å². The summed E-state index contributed by atoms with van der Waals surface area (Å²) in [5, 5.41) is 24.3. The lowest BCUT2D eigenvalue weighted by Crippen LogP contribution is -2.36. The maximum absolute atomic E-state index is 13.5. The van der Waals surface area contributed by atoms with Crippen molar-refractivity contribution in [1.82, 2.24) is 19.9 Å². The van der Waals surface area contributed by atoms with Crippen molar-refractivity contribution in [3.8, 4) is 0 Å². The summed E-state index contributed by atoms with van der Waals surface area (Å²) in [7, 11) is -3.32. The Morgan fingerprint density at radius 3 is 1.37 bits per heavy atom. The maximum atomic E-state index is 13.5. The van der Waals surface area contributed by atoms with Gasteiger partial charge in [-0.05, 0) is 151 Å². The summed E-state index contributed by atoms with van der Waals surface area (Å²) in [6.07, 6.45) is 6.06. The van der Waals surface area contributed by atoms with E-state index in [1.165, 1.54) is 100 Å². The lowest BCUT2D eigenvalue weighted by molar-refractivity contribution is 0.0700. The number of nitrogens with one attached hydrogen (secondary N) is 1. The molecule has 22 nitrogen and oxygen atoms in total. The molecule has 2 N–H and O–H groups in total. The van der Waals surface area contributed by atoms with E-state index >= 15 is 0 Å². The molecule has 1 unspecified atom stereocenters. The number of aromatic carboxylic acids is 1. The number of aromatic nitrogens is 4. The molecule has 11 heterocycles. The van der Waals surface area contributed by atoms with Gasteiger partial charge in [-0.25, -0.2) is 47.1 Å². The average Bonchev–Trinajstić information content (AvgIpc) is 1.76. The first kappa shape index (κ1) is 90.5. The third-order valence-corrected chi connectivity index (χ3v) is 31.1. The standard InChI is InChI=1S/C22H19FN2O3S.C22H20N2O2S.C20H19N3OS.C19H20N2O3S2.C17H19N3OS/c1-13(14-3-4-16-12-17(23)6-5-15(16)11-14)18-19(24-2)21(29-20(18)22(26)27)25-7-9-28-10-8-25;1-15(25)21-19(14-16-7-8-17-5-3-4-6-18(17)13-16)20(23-2)22(27-21)24-9-11-26-12-10-24;1-14-19(22-20(25-14)23-7-9-24-10-8-23)12-15-3-4-16-5-6-18(21-2)13-17(16)11-15;1-26(22,23)18-17(20-19(25-18)21-8-10-24-11-9-21)13-14-6-7-15-4-2-3-5-16(15)12-14;1-12-15(19-17(22-12)20-6-8-21-9-7-20)10-13-2-3-14-4-5-18-16(14)11-13/h3-6,11-13H,7-10H2,1H3,(H,26,27);3-8,13H,9-12,14H2,1H3;3-6,11,13H,7-10,12H2,1H3;2-7,12H,8-11,13H2,1H3;2-5,11,18H,6-10H2,1H3. The number of carbonyl (C=O) groups is 2. The van der Waals surface area contributed by atoms with Crippen molar-refractivity contribution in [1.29, 1.82) is 0 Å². The minimum absolute atomic E-state index is 0.0280. The Morgan fingerprint density at radius 2 is 0.868 bits per heavy atom. The van der Waals surface area contributed by atoms with Crippen molar-refractivity contribution in [2.75, 3.05) is 162 Å². The van der Waals surface area contributed by atoms with Crippen LogP contribution in [0.2, 0.25) is 0 Å². The van der Waals surface area contributed by atoms with Crippen LogP contribution in [0.4, 0.5) is 46.8 Å². The van der Waals surface area contributed by atoms with Crippen LogP contribution in [0.1, 0.15) is 105 Å². The predicted octanol–water partition coefficient (Wildman–Crippen LogP) is 21.4. The molecule has 15 aromatic rings. The summed E-state index contributed by atoms with van der Waals surface area (Å²) in [5.74, 6) is -1.58. The second kappa shape index (κ2) is 41.7. The third-order valence-electron chi connectivity index (χ3n) is 23.3. The number of Topliss-reactive ketones (excluding diaryl/α,β-unsaturated/α-hetero) is 1. The molecule has 0 amide bonds. The SMILES string of the molecule is CS(=O)(=O)c1sc(N2CCOCC2)nc1Cc1ccc2ccccc2c1.Cc1sc(N2CCOCC2)nc1Cc1ccc2cc[nH]c2c1.[C-]#[N+]c1c(N2CCOCC2)sc(C(=O)O)c1C(C)c1ccc2cc(F)ccc2c1.[C-]#[N+]c1c(N2CCOCC2)sc(C(C)=O)c1Cc1ccc2ccccc2c1.[C-]#[N+]c1ccc2ccc(Cc3nc(N4CCOCC4)sc3C)cc2c1. The van der Waals surface area contributed by atoms with Crippen LogP contribution in [-0.4, -0.2) is 183 Å². The molecule has 0 saturated carbocycles. The number of fused-ring (bicyclic) bond motifs is 5.